The van der Waals surface area contributed by atoms with Crippen LogP contribution in [0, 0.1) is 6.92 Å². The molecule has 2 saturated heterocycles. The number of carbonyl (C=O) groups is 3. The molecule has 228 valence electrons. The first kappa shape index (κ1) is 29.1. The van der Waals surface area contributed by atoms with Crippen LogP contribution in [-0.4, -0.2) is 73.5 Å². The largest absolute Gasteiger partial charge is 0.340 e. The first-order chi connectivity index (χ1) is 21.0. The third-order valence-electron chi connectivity index (χ3n) is 8.36. The lowest BCUT2D eigenvalue weighted by Gasteiger charge is -2.37. The first-order valence-corrected chi connectivity index (χ1v) is 14.5. The van der Waals surface area contributed by atoms with Gasteiger partial charge in [-0.2, -0.15) is 4.98 Å². The molecule has 6 rings (SSSR count). The van der Waals surface area contributed by atoms with E-state index in [1.54, 1.807) is 31.3 Å². The predicted octanol–water partition coefficient (Wildman–Crippen LogP) is 1.20. The van der Waals surface area contributed by atoms with Gasteiger partial charge in [0, 0.05) is 52.9 Å². The lowest BCUT2D eigenvalue weighted by molar-refractivity contribution is -0.123. The number of imide groups is 1. The molecule has 0 aliphatic carbocycles. The second-order valence-corrected chi connectivity index (χ2v) is 11.4. The highest BCUT2D eigenvalue weighted by Crippen LogP contribution is 2.29. The molecule has 1 unspecified atom stereocenters. The molecule has 1 atom stereocenters. The third kappa shape index (κ3) is 5.08. The van der Waals surface area contributed by atoms with E-state index in [9.17, 15) is 24.0 Å². The van der Waals surface area contributed by atoms with Gasteiger partial charge in [0.15, 0.2) is 11.2 Å². The number of piperazine rings is 1. The van der Waals surface area contributed by atoms with Crippen LogP contribution >= 0.6 is 0 Å². The number of imidazole rings is 1. The average Bonchev–Trinajstić information content (AvgIpc) is 3.52. The zero-order chi connectivity index (χ0) is 31.3. The van der Waals surface area contributed by atoms with Crippen molar-refractivity contribution in [1.82, 2.24) is 23.6 Å². The number of anilines is 3. The van der Waals surface area contributed by atoms with Crippen molar-refractivity contribution in [3.63, 3.8) is 0 Å². The number of aromatic nitrogens is 4. The lowest BCUT2D eigenvalue weighted by atomic mass is 10.1. The zero-order valence-corrected chi connectivity index (χ0v) is 25.1. The molecule has 1 N–H and O–H groups in total. The van der Waals surface area contributed by atoms with Gasteiger partial charge in [0.05, 0.1) is 24.7 Å². The van der Waals surface area contributed by atoms with Crippen molar-refractivity contribution in [2.24, 2.45) is 14.1 Å². The van der Waals surface area contributed by atoms with Crippen LogP contribution in [0.3, 0.4) is 0 Å². The minimum Gasteiger partial charge on any atom is -0.340 e. The molecule has 2 fully saturated rings. The van der Waals surface area contributed by atoms with Crippen LogP contribution in [0.5, 0.6) is 0 Å². The molecule has 3 amide bonds. The van der Waals surface area contributed by atoms with Crippen LogP contribution in [0.15, 0.2) is 58.1 Å². The summed E-state index contributed by atoms with van der Waals surface area (Å²) in [5.41, 5.74) is 2.96. The van der Waals surface area contributed by atoms with Gasteiger partial charge >= 0.3 is 5.69 Å². The monoisotopic (exact) mass is 598 g/mol. The fourth-order valence-electron chi connectivity index (χ4n) is 6.12. The summed E-state index contributed by atoms with van der Waals surface area (Å²) in [5.74, 6) is -0.177. The van der Waals surface area contributed by atoms with Crippen molar-refractivity contribution < 1.29 is 14.4 Å². The van der Waals surface area contributed by atoms with Gasteiger partial charge in [-0.25, -0.2) is 9.69 Å². The van der Waals surface area contributed by atoms with Crippen LogP contribution < -0.4 is 26.4 Å². The summed E-state index contributed by atoms with van der Waals surface area (Å²) in [6.45, 7) is 5.84. The topological polar surface area (TPSA) is 135 Å². The van der Waals surface area contributed by atoms with E-state index in [2.05, 4.69) is 16.3 Å². The number of aryl methyl sites for hydroxylation is 2. The molecule has 4 heterocycles. The number of rotatable bonds is 6. The Bertz CT molecular complexity index is 1910. The first-order valence-electron chi connectivity index (χ1n) is 14.5. The molecule has 44 heavy (non-hydrogen) atoms. The minimum absolute atomic E-state index is 0.0797. The molecule has 2 aliphatic rings. The van der Waals surface area contributed by atoms with E-state index in [1.807, 2.05) is 34.6 Å². The summed E-state index contributed by atoms with van der Waals surface area (Å²) in [4.78, 5) is 73.9. The molecule has 2 aromatic carbocycles. The summed E-state index contributed by atoms with van der Waals surface area (Å²) in [6.07, 6.45) is 0.0797. The fraction of sp³-hybridized carbons (Fsp3) is 0.355. The highest BCUT2D eigenvalue weighted by atomic mass is 16.2. The van der Waals surface area contributed by atoms with Crippen LogP contribution in [0.1, 0.15) is 24.5 Å². The summed E-state index contributed by atoms with van der Waals surface area (Å²) in [5, 5.41) is 2.68. The molecule has 2 aliphatic heterocycles. The summed E-state index contributed by atoms with van der Waals surface area (Å²) >= 11 is 0. The van der Waals surface area contributed by atoms with Gasteiger partial charge in [-0.3, -0.25) is 37.8 Å². The minimum atomic E-state index is -0.584. The van der Waals surface area contributed by atoms with Crippen molar-refractivity contribution in [3.8, 4) is 0 Å². The average molecular weight is 599 g/mol. The molecular weight excluding hydrogens is 564 g/mol. The van der Waals surface area contributed by atoms with E-state index in [-0.39, 0.29) is 24.1 Å². The van der Waals surface area contributed by atoms with Gasteiger partial charge in [-0.1, -0.05) is 29.8 Å². The molecule has 0 bridgehead atoms. The second-order valence-electron chi connectivity index (χ2n) is 11.4. The fourth-order valence-corrected chi connectivity index (χ4v) is 6.12. The predicted molar refractivity (Wildman–Crippen MR) is 166 cm³/mol. The lowest BCUT2D eigenvalue weighted by Crippen LogP contribution is -2.53. The number of fused-ring (bicyclic) bond motifs is 1. The van der Waals surface area contributed by atoms with Crippen molar-refractivity contribution in [2.75, 3.05) is 41.3 Å². The summed E-state index contributed by atoms with van der Waals surface area (Å²) in [6, 6.07) is 14.1. The molecule has 0 radical (unpaired) electrons. The van der Waals surface area contributed by atoms with Gasteiger partial charge < -0.3 is 10.2 Å². The quantitative estimate of drug-likeness (QED) is 0.328. The maximum absolute atomic E-state index is 13.5. The summed E-state index contributed by atoms with van der Waals surface area (Å²) < 4.78 is 4.36. The van der Waals surface area contributed by atoms with E-state index in [0.29, 0.717) is 61.2 Å². The van der Waals surface area contributed by atoms with Crippen LogP contribution in [-0.2, 0) is 35.0 Å². The smallest absolute Gasteiger partial charge is 0.332 e. The second kappa shape index (κ2) is 11.2. The normalized spacial score (nSPS) is 17.6. The SMILES string of the molecule is CC(=O)Nc1ccc(N2C(=O)CC(N3CCN(c4nc5c(c(=O)n(C)c(=O)n5C)n4Cc4cccc(C)c4)CC3)C2=O)cc1. The standard InChI is InChI=1S/C31H34N8O5/c1-19-6-5-7-21(16-19)18-38-26-27(34(3)31(44)35(4)29(26)43)33-30(38)37-14-12-36(13-15-37)24-17-25(41)39(28(24)42)23-10-8-22(9-11-23)32-20(2)40/h5-11,16,24H,12-15,17-18H2,1-4H3,(H,32,40). The number of hydrogen-bond acceptors (Lipinski definition) is 8. The number of carbonyl (C=O) groups excluding carboxylic acids is 3. The number of amides is 3. The zero-order valence-electron chi connectivity index (χ0n) is 25.1. The van der Waals surface area contributed by atoms with Crippen molar-refractivity contribution in [1.29, 1.82) is 0 Å². The Labute approximate surface area is 252 Å². The van der Waals surface area contributed by atoms with Gasteiger partial charge in [-0.05, 0) is 36.8 Å². The number of nitrogens with one attached hydrogen (secondary N) is 1. The van der Waals surface area contributed by atoms with E-state index in [1.165, 1.54) is 23.4 Å². The Morgan fingerprint density at radius 3 is 2.32 bits per heavy atom. The number of hydrogen-bond donors (Lipinski definition) is 1. The Morgan fingerprint density at radius 2 is 1.66 bits per heavy atom. The molecule has 13 heteroatoms. The van der Waals surface area contributed by atoms with E-state index >= 15 is 0 Å². The highest BCUT2D eigenvalue weighted by molar-refractivity contribution is 6.22. The highest BCUT2D eigenvalue weighted by Gasteiger charge is 2.43. The Hall–Kier alpha value is -5.04. The van der Waals surface area contributed by atoms with E-state index < -0.39 is 17.3 Å². The molecule has 2 aromatic heterocycles. The van der Waals surface area contributed by atoms with E-state index in [0.717, 1.165) is 15.7 Å². The van der Waals surface area contributed by atoms with Crippen LogP contribution in [0.25, 0.3) is 11.2 Å². The Kier molecular flexibility index (Phi) is 7.41. The third-order valence-corrected chi connectivity index (χ3v) is 8.36. The van der Waals surface area contributed by atoms with Gasteiger partial charge in [0.25, 0.3) is 11.5 Å². The van der Waals surface area contributed by atoms with Crippen molar-refractivity contribution in [2.45, 2.75) is 32.9 Å². The van der Waals surface area contributed by atoms with E-state index in [4.69, 9.17) is 4.98 Å². The Balaban J connectivity index is 1.25. The molecule has 0 saturated carbocycles. The number of benzene rings is 2. The molecular formula is C31H34N8O5. The van der Waals surface area contributed by atoms with Gasteiger partial charge in [-0.15, -0.1) is 0 Å². The Morgan fingerprint density at radius 1 is 0.955 bits per heavy atom. The number of nitrogens with zero attached hydrogens (tertiary/aromatic N) is 7. The van der Waals surface area contributed by atoms with Crippen LogP contribution in [0.4, 0.5) is 17.3 Å². The van der Waals surface area contributed by atoms with Crippen LogP contribution in [0.2, 0.25) is 0 Å². The van der Waals surface area contributed by atoms with Gasteiger partial charge in [0.2, 0.25) is 17.8 Å². The molecule has 13 nitrogen and oxygen atoms in total. The van der Waals surface area contributed by atoms with Crippen molar-refractivity contribution in [3.05, 3.63) is 80.5 Å². The van der Waals surface area contributed by atoms with Gasteiger partial charge in [0.1, 0.15) is 0 Å². The maximum atomic E-state index is 13.5. The maximum Gasteiger partial charge on any atom is 0.332 e. The summed E-state index contributed by atoms with van der Waals surface area (Å²) in [7, 11) is 3.07. The molecule has 0 spiro atoms. The van der Waals surface area contributed by atoms with Crippen molar-refractivity contribution >= 4 is 46.2 Å². The molecule has 4 aromatic rings.